The van der Waals surface area contributed by atoms with E-state index in [0.717, 1.165) is 62.9 Å². The minimum atomic E-state index is -0.183. The summed E-state index contributed by atoms with van der Waals surface area (Å²) in [5, 5.41) is 0. The average Bonchev–Trinajstić information content (AvgIpc) is 2.70. The van der Waals surface area contributed by atoms with Crippen molar-refractivity contribution in [2.24, 2.45) is 5.92 Å². The molecule has 148 valence electrons. The van der Waals surface area contributed by atoms with Crippen molar-refractivity contribution < 1.29 is 13.9 Å². The number of ether oxygens (including phenoxy) is 1. The standard InChI is InChI=1S/C24H28FNO2/c1-18-3-2-4-21(15-18)23(27)26-12-10-24(11-13-26)17-20(9-14-28-24)16-19-5-7-22(25)8-6-19/h2-8,15,20H,9-14,16-17H2,1H3. The largest absolute Gasteiger partial charge is 0.375 e. The van der Waals surface area contributed by atoms with Crippen LogP contribution in [-0.2, 0) is 11.2 Å². The number of halogens is 1. The van der Waals surface area contributed by atoms with E-state index in [1.54, 1.807) is 12.1 Å². The van der Waals surface area contributed by atoms with Crippen LogP contribution >= 0.6 is 0 Å². The fourth-order valence-corrected chi connectivity index (χ4v) is 4.68. The number of carbonyl (C=O) groups is 1. The van der Waals surface area contributed by atoms with Crippen molar-refractivity contribution in [2.45, 2.75) is 44.6 Å². The van der Waals surface area contributed by atoms with Crippen LogP contribution in [0.15, 0.2) is 48.5 Å². The van der Waals surface area contributed by atoms with Crippen LogP contribution in [0.5, 0.6) is 0 Å². The van der Waals surface area contributed by atoms with E-state index in [2.05, 4.69) is 0 Å². The Morgan fingerprint density at radius 3 is 2.64 bits per heavy atom. The van der Waals surface area contributed by atoms with Gasteiger partial charge in [-0.25, -0.2) is 4.39 Å². The summed E-state index contributed by atoms with van der Waals surface area (Å²) in [6, 6.07) is 14.7. The second-order valence-corrected chi connectivity index (χ2v) is 8.38. The smallest absolute Gasteiger partial charge is 0.253 e. The summed E-state index contributed by atoms with van der Waals surface area (Å²) in [6.07, 6.45) is 4.83. The highest BCUT2D eigenvalue weighted by Crippen LogP contribution is 2.39. The zero-order valence-corrected chi connectivity index (χ0v) is 16.5. The average molecular weight is 381 g/mol. The van der Waals surface area contributed by atoms with Crippen molar-refractivity contribution in [2.75, 3.05) is 19.7 Å². The minimum Gasteiger partial charge on any atom is -0.375 e. The van der Waals surface area contributed by atoms with Crippen molar-refractivity contribution in [3.8, 4) is 0 Å². The van der Waals surface area contributed by atoms with Gasteiger partial charge in [0.1, 0.15) is 5.82 Å². The van der Waals surface area contributed by atoms with Gasteiger partial charge in [-0.15, -0.1) is 0 Å². The fraction of sp³-hybridized carbons (Fsp3) is 0.458. The van der Waals surface area contributed by atoms with Gasteiger partial charge in [0.15, 0.2) is 0 Å². The summed E-state index contributed by atoms with van der Waals surface area (Å²) >= 11 is 0. The van der Waals surface area contributed by atoms with Crippen LogP contribution in [0.3, 0.4) is 0 Å². The number of benzene rings is 2. The first-order valence-electron chi connectivity index (χ1n) is 10.3. The van der Waals surface area contributed by atoms with E-state index in [9.17, 15) is 9.18 Å². The molecule has 2 saturated heterocycles. The Morgan fingerprint density at radius 1 is 1.18 bits per heavy atom. The predicted octanol–water partition coefficient (Wildman–Crippen LogP) is 4.78. The van der Waals surface area contributed by atoms with E-state index in [1.807, 2.05) is 48.2 Å². The molecular weight excluding hydrogens is 353 g/mol. The molecule has 2 heterocycles. The lowest BCUT2D eigenvalue weighted by atomic mass is 9.77. The van der Waals surface area contributed by atoms with E-state index in [0.29, 0.717) is 5.92 Å². The van der Waals surface area contributed by atoms with E-state index in [-0.39, 0.29) is 17.3 Å². The van der Waals surface area contributed by atoms with Gasteiger partial charge in [0.25, 0.3) is 5.91 Å². The van der Waals surface area contributed by atoms with Crippen LogP contribution in [0.25, 0.3) is 0 Å². The summed E-state index contributed by atoms with van der Waals surface area (Å²) in [4.78, 5) is 14.8. The fourth-order valence-electron chi connectivity index (χ4n) is 4.68. The van der Waals surface area contributed by atoms with Gasteiger partial charge in [0, 0.05) is 25.3 Å². The topological polar surface area (TPSA) is 29.5 Å². The summed E-state index contributed by atoms with van der Waals surface area (Å²) < 4.78 is 19.4. The molecule has 1 atom stereocenters. The quantitative estimate of drug-likeness (QED) is 0.766. The van der Waals surface area contributed by atoms with Crippen LogP contribution in [0, 0.1) is 18.7 Å². The summed E-state index contributed by atoms with van der Waals surface area (Å²) in [6.45, 7) is 4.28. The highest BCUT2D eigenvalue weighted by molar-refractivity contribution is 5.94. The number of rotatable bonds is 3. The highest BCUT2D eigenvalue weighted by atomic mass is 19.1. The lowest BCUT2D eigenvalue weighted by Crippen LogP contribution is -2.51. The summed E-state index contributed by atoms with van der Waals surface area (Å²) in [5.41, 5.74) is 2.97. The molecule has 2 aliphatic rings. The van der Waals surface area contributed by atoms with E-state index in [1.165, 1.54) is 5.56 Å². The maximum Gasteiger partial charge on any atom is 0.253 e. The SMILES string of the molecule is Cc1cccc(C(=O)N2CCC3(CC2)CC(Cc2ccc(F)cc2)CCO3)c1. The second-order valence-electron chi connectivity index (χ2n) is 8.38. The molecule has 0 aromatic heterocycles. The number of likely N-dealkylation sites (tertiary alicyclic amines) is 1. The number of aryl methyl sites for hydroxylation is 1. The number of amides is 1. The second kappa shape index (κ2) is 8.04. The van der Waals surface area contributed by atoms with Crippen molar-refractivity contribution in [3.63, 3.8) is 0 Å². The zero-order chi connectivity index (χ0) is 19.6. The third-order valence-electron chi connectivity index (χ3n) is 6.26. The van der Waals surface area contributed by atoms with Crippen LogP contribution in [-0.4, -0.2) is 36.1 Å². The number of nitrogens with zero attached hydrogens (tertiary/aromatic N) is 1. The molecule has 4 heteroatoms. The minimum absolute atomic E-state index is 0.105. The van der Waals surface area contributed by atoms with Gasteiger partial charge in [-0.3, -0.25) is 4.79 Å². The van der Waals surface area contributed by atoms with Gasteiger partial charge in [0.05, 0.1) is 5.60 Å². The van der Waals surface area contributed by atoms with Crippen molar-refractivity contribution >= 4 is 5.91 Å². The Labute approximate surface area is 166 Å². The molecule has 2 aliphatic heterocycles. The molecule has 0 radical (unpaired) electrons. The molecule has 4 rings (SSSR count). The normalized spacial score (nSPS) is 21.6. The lowest BCUT2D eigenvalue weighted by molar-refractivity contribution is -0.123. The van der Waals surface area contributed by atoms with E-state index in [4.69, 9.17) is 4.74 Å². The third-order valence-corrected chi connectivity index (χ3v) is 6.26. The number of carbonyl (C=O) groups excluding carboxylic acids is 1. The molecule has 1 spiro atoms. The Kier molecular flexibility index (Phi) is 5.49. The first kappa shape index (κ1) is 19.1. The number of hydrogen-bond donors (Lipinski definition) is 0. The summed E-state index contributed by atoms with van der Waals surface area (Å²) in [7, 11) is 0. The number of piperidine rings is 1. The first-order valence-corrected chi connectivity index (χ1v) is 10.3. The van der Waals surface area contributed by atoms with Gasteiger partial charge in [-0.2, -0.15) is 0 Å². The van der Waals surface area contributed by atoms with Gasteiger partial charge in [-0.05, 0) is 74.8 Å². The first-order chi connectivity index (χ1) is 13.5. The molecule has 28 heavy (non-hydrogen) atoms. The Morgan fingerprint density at radius 2 is 1.93 bits per heavy atom. The molecule has 1 amide bonds. The van der Waals surface area contributed by atoms with Crippen molar-refractivity contribution in [3.05, 3.63) is 71.0 Å². The number of hydrogen-bond acceptors (Lipinski definition) is 2. The molecule has 0 saturated carbocycles. The van der Waals surface area contributed by atoms with Gasteiger partial charge < -0.3 is 9.64 Å². The van der Waals surface area contributed by atoms with Crippen LogP contribution < -0.4 is 0 Å². The third kappa shape index (κ3) is 4.27. The Bertz CT molecular complexity index is 825. The molecule has 1 unspecified atom stereocenters. The van der Waals surface area contributed by atoms with Gasteiger partial charge in [-0.1, -0.05) is 29.8 Å². The monoisotopic (exact) mass is 381 g/mol. The molecule has 3 nitrogen and oxygen atoms in total. The molecule has 0 N–H and O–H groups in total. The maximum atomic E-state index is 13.1. The molecule has 2 aromatic carbocycles. The lowest BCUT2D eigenvalue weighted by Gasteiger charge is -2.46. The van der Waals surface area contributed by atoms with Gasteiger partial charge >= 0.3 is 0 Å². The summed E-state index contributed by atoms with van der Waals surface area (Å²) in [5.74, 6) is 0.494. The van der Waals surface area contributed by atoms with Crippen LogP contribution in [0.4, 0.5) is 4.39 Å². The zero-order valence-electron chi connectivity index (χ0n) is 16.5. The Balaban J connectivity index is 1.36. The van der Waals surface area contributed by atoms with Crippen molar-refractivity contribution in [1.82, 2.24) is 4.90 Å². The van der Waals surface area contributed by atoms with Crippen molar-refractivity contribution in [1.29, 1.82) is 0 Å². The molecular formula is C24H28FNO2. The van der Waals surface area contributed by atoms with Crippen LogP contribution in [0.2, 0.25) is 0 Å². The molecule has 0 aliphatic carbocycles. The molecule has 2 fully saturated rings. The molecule has 0 bridgehead atoms. The van der Waals surface area contributed by atoms with Crippen LogP contribution in [0.1, 0.15) is 47.2 Å². The van der Waals surface area contributed by atoms with Gasteiger partial charge in [0.2, 0.25) is 0 Å². The molecule has 2 aromatic rings. The maximum absolute atomic E-state index is 13.1. The highest BCUT2D eigenvalue weighted by Gasteiger charge is 2.41. The predicted molar refractivity (Wildman–Crippen MR) is 108 cm³/mol. The Hall–Kier alpha value is -2.20. The van der Waals surface area contributed by atoms with E-state index >= 15 is 0 Å². The van der Waals surface area contributed by atoms with E-state index < -0.39 is 0 Å².